The van der Waals surface area contributed by atoms with Gasteiger partial charge in [0, 0.05) is 16.3 Å². The molecule has 1 N–H and O–H groups in total. The maximum atomic E-state index is 13.4. The van der Waals surface area contributed by atoms with E-state index in [1.807, 2.05) is 6.92 Å². The Labute approximate surface area is 198 Å². The number of aromatic nitrogens is 1. The first-order valence-corrected chi connectivity index (χ1v) is 13.8. The molecule has 194 valence electrons. The Morgan fingerprint density at radius 2 is 1.31 bits per heavy atom. The molecule has 3 rings (SSSR count). The molecule has 0 aliphatic heterocycles. The largest absolute Gasteiger partial charge is 0.501 e. The van der Waals surface area contributed by atoms with E-state index >= 15 is 0 Å². The zero-order valence-electron chi connectivity index (χ0n) is 18.6. The first kappa shape index (κ1) is 27.3. The van der Waals surface area contributed by atoms with Gasteiger partial charge in [0.05, 0.1) is 15.3 Å². The number of halogens is 6. The van der Waals surface area contributed by atoms with E-state index in [4.69, 9.17) is 0 Å². The predicted octanol–water partition coefficient (Wildman–Crippen LogP) is 6.81. The molecule has 0 radical (unpaired) electrons. The van der Waals surface area contributed by atoms with E-state index < -0.39 is 40.5 Å². The summed E-state index contributed by atoms with van der Waals surface area (Å²) >= 11 is 0. The summed E-state index contributed by atoms with van der Waals surface area (Å²) in [6.07, 6.45) is 4.76. The highest BCUT2D eigenvalue weighted by Crippen LogP contribution is 2.39. The van der Waals surface area contributed by atoms with Crippen molar-refractivity contribution in [1.82, 2.24) is 4.98 Å². The fourth-order valence-electron chi connectivity index (χ4n) is 4.00. The Bertz CT molecular complexity index is 1440. The van der Waals surface area contributed by atoms with Crippen LogP contribution in [0, 0.1) is 0 Å². The zero-order valence-corrected chi connectivity index (χ0v) is 20.2. The Morgan fingerprint density at radius 1 is 0.743 bits per heavy atom. The lowest BCUT2D eigenvalue weighted by molar-refractivity contribution is -0.0442. The summed E-state index contributed by atoms with van der Waals surface area (Å²) in [5.74, 6) is 0. The fraction of sp³-hybridized carbons (Fsp3) is 0.455. The first-order chi connectivity index (χ1) is 16.1. The summed E-state index contributed by atoms with van der Waals surface area (Å²) < 4.78 is 127. The smallest absolute Gasteiger partial charge is 0.354 e. The van der Waals surface area contributed by atoms with Gasteiger partial charge in [0.25, 0.3) is 19.7 Å². The van der Waals surface area contributed by atoms with Crippen LogP contribution in [0.4, 0.5) is 26.3 Å². The molecule has 0 atom stereocenters. The molecule has 0 saturated carbocycles. The van der Waals surface area contributed by atoms with Gasteiger partial charge in [-0.25, -0.2) is 16.8 Å². The highest BCUT2D eigenvalue weighted by atomic mass is 32.2. The average Bonchev–Trinajstić information content (AvgIpc) is 3.12. The van der Waals surface area contributed by atoms with Gasteiger partial charge >= 0.3 is 11.0 Å². The zero-order chi connectivity index (χ0) is 26.2. The van der Waals surface area contributed by atoms with E-state index in [2.05, 4.69) is 4.98 Å². The average molecular weight is 544 g/mol. The van der Waals surface area contributed by atoms with Crippen molar-refractivity contribution in [2.24, 2.45) is 0 Å². The summed E-state index contributed by atoms with van der Waals surface area (Å²) in [5.41, 5.74) is -11.3. The maximum Gasteiger partial charge on any atom is 0.501 e. The molecule has 5 nitrogen and oxygen atoms in total. The van der Waals surface area contributed by atoms with E-state index in [9.17, 15) is 43.2 Å². The minimum absolute atomic E-state index is 0.0143. The van der Waals surface area contributed by atoms with Crippen LogP contribution in [0.3, 0.4) is 0 Å². The number of unbranched alkanes of at least 4 members (excludes halogenated alkanes) is 5. The lowest BCUT2D eigenvalue weighted by Crippen LogP contribution is -2.24. The number of fused-ring (bicyclic) bond motifs is 3. The van der Waals surface area contributed by atoms with Gasteiger partial charge in [0.15, 0.2) is 0 Å². The second-order valence-corrected chi connectivity index (χ2v) is 12.1. The number of sulfone groups is 2. The van der Waals surface area contributed by atoms with Gasteiger partial charge in [-0.05, 0) is 36.6 Å². The Kier molecular flexibility index (Phi) is 7.52. The van der Waals surface area contributed by atoms with Crippen molar-refractivity contribution in [3.63, 3.8) is 0 Å². The third-order valence-electron chi connectivity index (χ3n) is 5.80. The molecule has 0 aliphatic carbocycles. The van der Waals surface area contributed by atoms with E-state index in [-0.39, 0.29) is 33.8 Å². The van der Waals surface area contributed by atoms with Crippen molar-refractivity contribution in [2.75, 3.05) is 0 Å². The molecule has 13 heteroatoms. The summed E-state index contributed by atoms with van der Waals surface area (Å²) in [7, 11) is -11.4. The summed E-state index contributed by atoms with van der Waals surface area (Å²) in [4.78, 5) is 0.705. The monoisotopic (exact) mass is 543 g/mol. The second-order valence-electron chi connectivity index (χ2n) is 8.21. The molecule has 0 saturated heterocycles. The van der Waals surface area contributed by atoms with Crippen molar-refractivity contribution in [2.45, 2.75) is 72.7 Å². The highest BCUT2D eigenvalue weighted by Gasteiger charge is 2.48. The van der Waals surface area contributed by atoms with E-state index in [1.165, 1.54) is 0 Å². The quantitative estimate of drug-likeness (QED) is 0.237. The molecule has 0 spiro atoms. The van der Waals surface area contributed by atoms with Crippen LogP contribution < -0.4 is 0 Å². The lowest BCUT2D eigenvalue weighted by atomic mass is 10.0. The van der Waals surface area contributed by atoms with Crippen molar-refractivity contribution in [1.29, 1.82) is 0 Å². The minimum Gasteiger partial charge on any atom is -0.354 e. The Balaban J connectivity index is 2.17. The molecule has 1 aromatic heterocycles. The van der Waals surface area contributed by atoms with E-state index in [1.54, 1.807) is 0 Å². The Morgan fingerprint density at radius 3 is 1.91 bits per heavy atom. The third-order valence-corrected chi connectivity index (χ3v) is 8.86. The third kappa shape index (κ3) is 5.16. The second kappa shape index (κ2) is 9.64. The van der Waals surface area contributed by atoms with Crippen molar-refractivity contribution in [3.8, 4) is 0 Å². The number of H-pyrrole nitrogens is 1. The predicted molar refractivity (Wildman–Crippen MR) is 119 cm³/mol. The molecular formula is C22H23F6NO4S2. The molecule has 0 fully saturated rings. The van der Waals surface area contributed by atoms with Crippen molar-refractivity contribution in [3.05, 3.63) is 35.9 Å². The van der Waals surface area contributed by atoms with Gasteiger partial charge in [0.1, 0.15) is 0 Å². The van der Waals surface area contributed by atoms with Crippen LogP contribution in [0.25, 0.3) is 21.8 Å². The molecule has 2 aromatic carbocycles. The number of benzene rings is 2. The lowest BCUT2D eigenvalue weighted by Gasteiger charge is -2.14. The van der Waals surface area contributed by atoms with Gasteiger partial charge < -0.3 is 4.98 Å². The number of rotatable bonds is 9. The molecule has 1 heterocycles. The van der Waals surface area contributed by atoms with Gasteiger partial charge in [0.2, 0.25) is 0 Å². The van der Waals surface area contributed by atoms with Crippen LogP contribution in [0.1, 0.15) is 51.0 Å². The van der Waals surface area contributed by atoms with Crippen molar-refractivity contribution >= 4 is 41.5 Å². The molecule has 35 heavy (non-hydrogen) atoms. The van der Waals surface area contributed by atoms with Crippen LogP contribution in [0.5, 0.6) is 0 Å². The first-order valence-electron chi connectivity index (χ1n) is 10.8. The summed E-state index contributed by atoms with van der Waals surface area (Å²) in [5, 5.41) is 0.527. The number of alkyl halides is 6. The van der Waals surface area contributed by atoms with Crippen molar-refractivity contribution < 1.29 is 43.2 Å². The number of aryl methyl sites for hydroxylation is 1. The SMILES string of the molecule is CCCCCCCCc1c(S(=O)(=O)C(F)(F)F)ccc2c1[nH]c1cc(S(=O)(=O)C(F)(F)F)ccc12. The molecule has 0 bridgehead atoms. The number of hydrogen-bond acceptors (Lipinski definition) is 4. The van der Waals surface area contributed by atoms with Crippen LogP contribution in [-0.2, 0) is 26.1 Å². The van der Waals surface area contributed by atoms with Gasteiger partial charge in [-0.2, -0.15) is 26.3 Å². The molecule has 0 unspecified atom stereocenters. The number of nitrogens with one attached hydrogen (secondary N) is 1. The number of hydrogen-bond donors (Lipinski definition) is 1. The number of aromatic amines is 1. The van der Waals surface area contributed by atoms with E-state index in [0.717, 1.165) is 56.0 Å². The fourth-order valence-corrected chi connectivity index (χ4v) is 5.81. The van der Waals surface area contributed by atoms with Crippen LogP contribution in [0.2, 0.25) is 0 Å². The summed E-state index contributed by atoms with van der Waals surface area (Å²) in [6, 6.07) is 4.58. The maximum absolute atomic E-state index is 13.4. The topological polar surface area (TPSA) is 84.1 Å². The molecular weight excluding hydrogens is 520 g/mol. The minimum atomic E-state index is -5.70. The molecule has 0 aliphatic rings. The molecule has 0 amide bonds. The van der Waals surface area contributed by atoms with Gasteiger partial charge in [-0.15, -0.1) is 0 Å². The van der Waals surface area contributed by atoms with Crippen LogP contribution in [0.15, 0.2) is 40.1 Å². The highest BCUT2D eigenvalue weighted by molar-refractivity contribution is 7.92. The van der Waals surface area contributed by atoms with E-state index in [0.29, 0.717) is 12.8 Å². The normalized spacial score (nSPS) is 13.7. The Hall–Kier alpha value is -2.28. The standard InChI is InChI=1S/C22H23F6NO4S2/c1-2-3-4-5-6-7-8-17-19(35(32,33)22(26,27)28)12-11-16-15-10-9-14(13-18(15)29-20(16)17)34(30,31)21(23,24)25/h9-13,29H,2-8H2,1H3. The van der Waals surface area contributed by atoms with Crippen LogP contribution in [-0.4, -0.2) is 32.8 Å². The van der Waals surface area contributed by atoms with Gasteiger partial charge in [-0.3, -0.25) is 0 Å². The summed E-state index contributed by atoms with van der Waals surface area (Å²) in [6.45, 7) is 2.02. The van der Waals surface area contributed by atoms with Crippen LogP contribution >= 0.6 is 0 Å². The van der Waals surface area contributed by atoms with Gasteiger partial charge in [-0.1, -0.05) is 51.2 Å². The molecule has 3 aromatic rings.